The second kappa shape index (κ2) is 29.7. The van der Waals surface area contributed by atoms with Gasteiger partial charge in [0.2, 0.25) is 11.6 Å². The molecule has 0 bridgehead atoms. The molecule has 0 unspecified atom stereocenters. The van der Waals surface area contributed by atoms with Crippen LogP contribution in [-0.4, -0.2) is 42.9 Å². The summed E-state index contributed by atoms with van der Waals surface area (Å²) < 4.78 is 11.8. The number of ketones is 2. The summed E-state index contributed by atoms with van der Waals surface area (Å²) in [7, 11) is 3.86. The number of Topliss-reactive ketones (excluding diaryl/α,β-unsaturated/α-hetero) is 2. The predicted molar refractivity (Wildman–Crippen MR) is 200 cm³/mol. The van der Waals surface area contributed by atoms with Crippen molar-refractivity contribution in [2.75, 3.05) is 20.6 Å². The molecule has 268 valence electrons. The van der Waals surface area contributed by atoms with E-state index in [9.17, 15) is 9.59 Å². The third-order valence-corrected chi connectivity index (χ3v) is 8.55. The number of ether oxygens (including phenoxy) is 2. The molecule has 47 heavy (non-hydrogen) atoms. The molecule has 0 radical (unpaired) electrons. The van der Waals surface area contributed by atoms with Crippen LogP contribution >= 0.6 is 0 Å². The maximum atomic E-state index is 13.4. The van der Waals surface area contributed by atoms with Gasteiger partial charge in [-0.3, -0.25) is 9.59 Å². The highest BCUT2D eigenvalue weighted by Gasteiger charge is 2.52. The molecule has 0 aliphatic carbocycles. The Labute approximate surface area is 290 Å². The molecule has 1 heterocycles. The minimum atomic E-state index is -1.78. The number of carbonyl (C=O) groups excluding carboxylic acids is 2. The van der Waals surface area contributed by atoms with Crippen molar-refractivity contribution in [2.24, 2.45) is 0 Å². The number of allylic oxidation sites excluding steroid dienone is 8. The highest BCUT2D eigenvalue weighted by molar-refractivity contribution is 6.09. The number of likely N-dealkylation sites (N-methyl/N-ethyl adjacent to an activating group) is 1. The van der Waals surface area contributed by atoms with Crippen LogP contribution in [0.3, 0.4) is 0 Å². The Morgan fingerprint density at radius 2 is 0.957 bits per heavy atom. The lowest BCUT2D eigenvalue weighted by atomic mass is 9.96. The molecule has 0 aromatic rings. The third-order valence-electron chi connectivity index (χ3n) is 8.55. The zero-order valence-corrected chi connectivity index (χ0v) is 31.0. The van der Waals surface area contributed by atoms with Gasteiger partial charge in [-0.1, -0.05) is 127 Å². The molecular weight excluding hydrogens is 582 g/mol. The Hall–Kier alpha value is -2.40. The SMILES string of the molecule is CCCCC/C=C\C/C=C\CCCCCCCC(=O)C1(C(=O)CCCCCCC/C=C\C/C=C\CCCCC)OC=C(CN(C)C)O1. The van der Waals surface area contributed by atoms with Gasteiger partial charge in [-0.25, -0.2) is 0 Å². The van der Waals surface area contributed by atoms with E-state index in [1.807, 2.05) is 19.0 Å². The summed E-state index contributed by atoms with van der Waals surface area (Å²) in [6.07, 6.45) is 45.1. The predicted octanol–water partition coefficient (Wildman–Crippen LogP) is 11.9. The van der Waals surface area contributed by atoms with E-state index in [-0.39, 0.29) is 11.6 Å². The maximum Gasteiger partial charge on any atom is 0.372 e. The van der Waals surface area contributed by atoms with Gasteiger partial charge in [0, 0.05) is 12.8 Å². The van der Waals surface area contributed by atoms with Gasteiger partial charge in [-0.2, -0.15) is 0 Å². The monoisotopic (exact) mass is 654 g/mol. The number of nitrogens with zero attached hydrogens (tertiary/aromatic N) is 1. The van der Waals surface area contributed by atoms with Gasteiger partial charge in [-0.15, -0.1) is 0 Å². The molecule has 1 aliphatic rings. The molecule has 0 amide bonds. The van der Waals surface area contributed by atoms with Crippen LogP contribution in [-0.2, 0) is 19.1 Å². The molecule has 0 saturated carbocycles. The van der Waals surface area contributed by atoms with E-state index in [4.69, 9.17) is 9.47 Å². The zero-order chi connectivity index (χ0) is 34.3. The molecule has 5 heteroatoms. The average molecular weight is 654 g/mol. The Morgan fingerprint density at radius 3 is 1.36 bits per heavy atom. The van der Waals surface area contributed by atoms with Crippen LogP contribution in [0.15, 0.2) is 60.6 Å². The number of rotatable bonds is 32. The second-order valence-electron chi connectivity index (χ2n) is 13.5. The van der Waals surface area contributed by atoms with Gasteiger partial charge in [0.15, 0.2) is 5.76 Å². The molecule has 0 saturated heterocycles. The Balaban J connectivity index is 2.29. The number of unbranched alkanes of at least 4 members (excludes halogenated alkanes) is 16. The van der Waals surface area contributed by atoms with Crippen LogP contribution < -0.4 is 0 Å². The van der Waals surface area contributed by atoms with Crippen LogP contribution in [0.25, 0.3) is 0 Å². The molecule has 0 N–H and O–H groups in total. The normalized spacial score (nSPS) is 14.6. The van der Waals surface area contributed by atoms with Gasteiger partial charge in [0.25, 0.3) is 0 Å². The van der Waals surface area contributed by atoms with Crippen LogP contribution in [0.4, 0.5) is 0 Å². The van der Waals surface area contributed by atoms with Crippen molar-refractivity contribution in [1.82, 2.24) is 4.90 Å². The van der Waals surface area contributed by atoms with E-state index in [1.54, 1.807) is 0 Å². The van der Waals surface area contributed by atoms with E-state index >= 15 is 0 Å². The van der Waals surface area contributed by atoms with Crippen LogP contribution in [0, 0.1) is 0 Å². The summed E-state index contributed by atoms with van der Waals surface area (Å²) in [5.41, 5.74) is 0. The van der Waals surface area contributed by atoms with Crippen LogP contribution in [0.5, 0.6) is 0 Å². The first kappa shape index (κ1) is 42.6. The zero-order valence-electron chi connectivity index (χ0n) is 31.0. The van der Waals surface area contributed by atoms with Crippen molar-refractivity contribution in [1.29, 1.82) is 0 Å². The van der Waals surface area contributed by atoms with E-state index < -0.39 is 5.79 Å². The van der Waals surface area contributed by atoms with Crippen molar-refractivity contribution in [2.45, 2.75) is 174 Å². The molecule has 5 nitrogen and oxygen atoms in total. The highest BCUT2D eigenvalue weighted by atomic mass is 16.7. The van der Waals surface area contributed by atoms with Crippen LogP contribution in [0.1, 0.15) is 168 Å². The number of hydrogen-bond donors (Lipinski definition) is 0. The first-order chi connectivity index (χ1) is 23.0. The summed E-state index contributed by atoms with van der Waals surface area (Å²) in [6, 6.07) is 0. The van der Waals surface area contributed by atoms with E-state index in [0.29, 0.717) is 25.1 Å². The lowest BCUT2D eigenvalue weighted by molar-refractivity contribution is -0.185. The minimum Gasteiger partial charge on any atom is -0.444 e. The fraction of sp³-hybridized carbons (Fsp3) is 0.714. The molecule has 0 aromatic carbocycles. The van der Waals surface area contributed by atoms with Gasteiger partial charge in [-0.05, 0) is 91.1 Å². The first-order valence-corrected chi connectivity index (χ1v) is 19.3. The van der Waals surface area contributed by atoms with E-state index in [1.165, 1.54) is 70.5 Å². The maximum absolute atomic E-state index is 13.4. The largest absolute Gasteiger partial charge is 0.444 e. The third kappa shape index (κ3) is 22.0. The molecule has 1 aliphatic heterocycles. The van der Waals surface area contributed by atoms with Crippen molar-refractivity contribution >= 4 is 11.6 Å². The topological polar surface area (TPSA) is 55.8 Å². The molecule has 0 atom stereocenters. The van der Waals surface area contributed by atoms with Gasteiger partial charge in [0.1, 0.15) is 6.26 Å². The highest BCUT2D eigenvalue weighted by Crippen LogP contribution is 2.32. The average Bonchev–Trinajstić information content (AvgIpc) is 3.49. The smallest absolute Gasteiger partial charge is 0.372 e. The summed E-state index contributed by atoms with van der Waals surface area (Å²) >= 11 is 0. The summed E-state index contributed by atoms with van der Waals surface area (Å²) in [5, 5.41) is 0. The Bertz CT molecular complexity index is 884. The lowest BCUT2D eigenvalue weighted by Gasteiger charge is -2.26. The first-order valence-electron chi connectivity index (χ1n) is 19.3. The van der Waals surface area contributed by atoms with Crippen molar-refractivity contribution in [3.63, 3.8) is 0 Å². The van der Waals surface area contributed by atoms with Gasteiger partial charge < -0.3 is 14.4 Å². The fourth-order valence-electron chi connectivity index (χ4n) is 5.69. The Morgan fingerprint density at radius 1 is 0.574 bits per heavy atom. The minimum absolute atomic E-state index is 0.235. The van der Waals surface area contributed by atoms with E-state index in [2.05, 4.69) is 62.5 Å². The molecule has 0 fully saturated rings. The summed E-state index contributed by atoms with van der Waals surface area (Å²) in [6.45, 7) is 4.98. The van der Waals surface area contributed by atoms with Crippen LogP contribution in [0.2, 0.25) is 0 Å². The second-order valence-corrected chi connectivity index (χ2v) is 13.5. The van der Waals surface area contributed by atoms with Crippen molar-refractivity contribution in [3.05, 3.63) is 60.6 Å². The molecule has 0 aromatic heterocycles. The lowest BCUT2D eigenvalue weighted by Crippen LogP contribution is -2.48. The van der Waals surface area contributed by atoms with Crippen molar-refractivity contribution in [3.8, 4) is 0 Å². The van der Waals surface area contributed by atoms with Gasteiger partial charge in [0.05, 0.1) is 6.54 Å². The number of carbonyl (C=O) groups is 2. The van der Waals surface area contributed by atoms with Crippen molar-refractivity contribution < 1.29 is 19.1 Å². The molecule has 0 spiro atoms. The van der Waals surface area contributed by atoms with Gasteiger partial charge >= 0.3 is 5.79 Å². The molecular formula is C42H71NO4. The quantitative estimate of drug-likeness (QED) is 0.0411. The van der Waals surface area contributed by atoms with E-state index in [0.717, 1.165) is 77.0 Å². The Kier molecular flexibility index (Phi) is 26.9. The summed E-state index contributed by atoms with van der Waals surface area (Å²) in [4.78, 5) is 28.7. The number of hydrogen-bond acceptors (Lipinski definition) is 5. The summed E-state index contributed by atoms with van der Waals surface area (Å²) in [5.74, 6) is -1.71. The fourth-order valence-corrected chi connectivity index (χ4v) is 5.69. The molecule has 1 rings (SSSR count). The standard InChI is InChI=1S/C42H71NO4/c1-5-7-9-11-13-15-17-19-21-23-25-27-29-31-33-35-40(44)42(46-38-39(47-42)37-43(3)4)41(45)36-34-32-30-28-26-24-22-20-18-16-14-12-10-8-6-2/h13-16,19-22,38H,5-12,17-18,23-37H2,1-4H3/b15-13-,16-14-,21-19-,22-20-.